The van der Waals surface area contributed by atoms with Crippen molar-refractivity contribution in [2.24, 2.45) is 7.05 Å². The predicted molar refractivity (Wildman–Crippen MR) is 113 cm³/mol. The summed E-state index contributed by atoms with van der Waals surface area (Å²) in [5.41, 5.74) is 1.99. The summed E-state index contributed by atoms with van der Waals surface area (Å²) in [7, 11) is -2.10. The number of aromatic nitrogens is 3. The van der Waals surface area contributed by atoms with Crippen molar-refractivity contribution >= 4 is 50.0 Å². The highest BCUT2D eigenvalue weighted by atomic mass is 35.5. The monoisotopic (exact) mass is 446 g/mol. The Morgan fingerprint density at radius 3 is 2.86 bits per heavy atom. The number of halogens is 1. The standard InChI is InChI=1S/C19H15ClN4O3S2/c1-23-5-4-18(22-23)29(25,26)24-6-7-28-19-14(10-21-11-15(19)24)17-9-12-8-13(20)2-3-16(12)27-17/h2-5,8-11H,6-7H2,1H3. The van der Waals surface area contributed by atoms with Crippen LogP contribution in [0.25, 0.3) is 22.3 Å². The molecule has 4 heterocycles. The lowest BCUT2D eigenvalue weighted by Gasteiger charge is -2.29. The zero-order chi connectivity index (χ0) is 20.2. The van der Waals surface area contributed by atoms with Gasteiger partial charge in [0.15, 0.2) is 5.03 Å². The molecule has 1 aliphatic rings. The third kappa shape index (κ3) is 3.09. The van der Waals surface area contributed by atoms with E-state index < -0.39 is 10.0 Å². The van der Waals surface area contributed by atoms with E-state index in [4.69, 9.17) is 16.0 Å². The maximum Gasteiger partial charge on any atom is 0.283 e. The van der Waals surface area contributed by atoms with Gasteiger partial charge in [0.2, 0.25) is 0 Å². The molecule has 0 N–H and O–H groups in total. The third-order valence-electron chi connectivity index (χ3n) is 4.67. The summed E-state index contributed by atoms with van der Waals surface area (Å²) in [6.45, 7) is 0.345. The van der Waals surface area contributed by atoms with Crippen molar-refractivity contribution in [3.8, 4) is 11.3 Å². The molecule has 0 atom stereocenters. The minimum Gasteiger partial charge on any atom is -0.456 e. The molecule has 0 spiro atoms. The fourth-order valence-corrected chi connectivity index (χ4v) is 6.21. The Labute approximate surface area is 176 Å². The maximum absolute atomic E-state index is 13.2. The lowest BCUT2D eigenvalue weighted by Crippen LogP contribution is -2.36. The van der Waals surface area contributed by atoms with Crippen molar-refractivity contribution in [2.75, 3.05) is 16.6 Å². The van der Waals surface area contributed by atoms with E-state index in [1.807, 2.05) is 18.2 Å². The Bertz CT molecular complexity index is 1350. The second-order valence-electron chi connectivity index (χ2n) is 6.58. The number of nitrogens with zero attached hydrogens (tertiary/aromatic N) is 4. The molecule has 3 aromatic heterocycles. The average Bonchev–Trinajstić information content (AvgIpc) is 3.33. The van der Waals surface area contributed by atoms with Crippen LogP contribution in [0.4, 0.5) is 5.69 Å². The highest BCUT2D eigenvalue weighted by molar-refractivity contribution is 8.00. The summed E-state index contributed by atoms with van der Waals surface area (Å²) in [5.74, 6) is 1.23. The van der Waals surface area contributed by atoms with Crippen LogP contribution >= 0.6 is 23.4 Å². The maximum atomic E-state index is 13.2. The van der Waals surface area contributed by atoms with Crippen LogP contribution in [-0.4, -0.2) is 35.5 Å². The van der Waals surface area contributed by atoms with Crippen molar-refractivity contribution < 1.29 is 12.8 Å². The normalized spacial score (nSPS) is 14.3. The van der Waals surface area contributed by atoms with E-state index in [0.29, 0.717) is 34.4 Å². The predicted octanol–water partition coefficient (Wildman–Crippen LogP) is 4.18. The van der Waals surface area contributed by atoms with Crippen LogP contribution in [0, 0.1) is 0 Å². The SMILES string of the molecule is Cn1ccc(S(=O)(=O)N2CCSc3c(-c4cc5cc(Cl)ccc5o4)cncc32)n1. The molecule has 1 aliphatic heterocycles. The quantitative estimate of drug-likeness (QED) is 0.469. The Kier molecular flexibility index (Phi) is 4.34. The van der Waals surface area contributed by atoms with Gasteiger partial charge in [0.25, 0.3) is 10.0 Å². The van der Waals surface area contributed by atoms with Crippen molar-refractivity contribution in [3.63, 3.8) is 0 Å². The summed E-state index contributed by atoms with van der Waals surface area (Å²) in [6.07, 6.45) is 4.88. The molecule has 0 unspecified atom stereocenters. The first-order valence-electron chi connectivity index (χ1n) is 8.76. The third-order valence-corrected chi connectivity index (χ3v) is 7.72. The van der Waals surface area contributed by atoms with Crippen molar-refractivity contribution in [2.45, 2.75) is 9.92 Å². The minimum absolute atomic E-state index is 0.0154. The first kappa shape index (κ1) is 18.5. The summed E-state index contributed by atoms with van der Waals surface area (Å²) in [4.78, 5) is 5.11. The average molecular weight is 447 g/mol. The topological polar surface area (TPSA) is 81.2 Å². The number of thioether (sulfide) groups is 1. The van der Waals surface area contributed by atoms with Gasteiger partial charge in [0.05, 0.1) is 17.4 Å². The van der Waals surface area contributed by atoms with Gasteiger partial charge in [-0.3, -0.25) is 14.0 Å². The van der Waals surface area contributed by atoms with Crippen LogP contribution < -0.4 is 4.31 Å². The van der Waals surface area contributed by atoms with Crippen LogP contribution in [0.3, 0.4) is 0 Å². The molecule has 0 saturated heterocycles. The van der Waals surface area contributed by atoms with Gasteiger partial charge in [-0.15, -0.1) is 11.8 Å². The van der Waals surface area contributed by atoms with E-state index in [1.54, 1.807) is 43.5 Å². The van der Waals surface area contributed by atoms with Gasteiger partial charge in [0, 0.05) is 47.0 Å². The minimum atomic E-state index is -3.78. The molecule has 29 heavy (non-hydrogen) atoms. The van der Waals surface area contributed by atoms with E-state index in [2.05, 4.69) is 10.1 Å². The molecular formula is C19H15ClN4O3S2. The molecule has 0 aliphatic carbocycles. The summed E-state index contributed by atoms with van der Waals surface area (Å²) < 4.78 is 35.2. The Morgan fingerprint density at radius 2 is 2.07 bits per heavy atom. The number of anilines is 1. The fourth-order valence-electron chi connectivity index (χ4n) is 3.33. The van der Waals surface area contributed by atoms with E-state index in [9.17, 15) is 8.42 Å². The van der Waals surface area contributed by atoms with E-state index in [0.717, 1.165) is 15.8 Å². The zero-order valence-corrected chi connectivity index (χ0v) is 17.6. The summed E-state index contributed by atoms with van der Waals surface area (Å²) in [6, 6.07) is 8.81. The van der Waals surface area contributed by atoms with Gasteiger partial charge in [-0.2, -0.15) is 13.5 Å². The van der Waals surface area contributed by atoms with E-state index in [1.165, 1.54) is 15.1 Å². The van der Waals surface area contributed by atoms with Crippen LogP contribution in [0.1, 0.15) is 0 Å². The number of furan rings is 1. The van der Waals surface area contributed by atoms with Crippen molar-refractivity contribution in [3.05, 3.63) is 53.9 Å². The summed E-state index contributed by atoms with van der Waals surface area (Å²) >= 11 is 7.67. The van der Waals surface area contributed by atoms with Gasteiger partial charge in [-0.25, -0.2) is 0 Å². The molecule has 10 heteroatoms. The van der Waals surface area contributed by atoms with Gasteiger partial charge < -0.3 is 4.42 Å². The van der Waals surface area contributed by atoms with Gasteiger partial charge in [-0.1, -0.05) is 11.6 Å². The molecule has 5 rings (SSSR count). The van der Waals surface area contributed by atoms with Crippen LogP contribution in [0.2, 0.25) is 5.02 Å². The van der Waals surface area contributed by atoms with Crippen LogP contribution in [0.15, 0.2) is 63.3 Å². The number of pyridine rings is 1. The molecule has 0 fully saturated rings. The number of fused-ring (bicyclic) bond motifs is 2. The Hall–Kier alpha value is -2.49. The van der Waals surface area contributed by atoms with Crippen LogP contribution in [-0.2, 0) is 17.1 Å². The summed E-state index contributed by atoms with van der Waals surface area (Å²) in [5, 5.41) is 5.60. The molecule has 0 saturated carbocycles. The van der Waals surface area contributed by atoms with Gasteiger partial charge in [0.1, 0.15) is 11.3 Å². The smallest absolute Gasteiger partial charge is 0.283 e. The number of rotatable bonds is 3. The fraction of sp³-hybridized carbons (Fsp3) is 0.158. The van der Waals surface area contributed by atoms with Crippen molar-refractivity contribution in [1.82, 2.24) is 14.8 Å². The highest BCUT2D eigenvalue weighted by Crippen LogP contribution is 2.44. The molecule has 1 aromatic carbocycles. The molecule has 0 radical (unpaired) electrons. The Morgan fingerprint density at radius 1 is 1.21 bits per heavy atom. The van der Waals surface area contributed by atoms with E-state index >= 15 is 0 Å². The van der Waals surface area contributed by atoms with Crippen molar-refractivity contribution in [1.29, 1.82) is 0 Å². The van der Waals surface area contributed by atoms with E-state index in [-0.39, 0.29) is 5.03 Å². The molecule has 0 bridgehead atoms. The van der Waals surface area contributed by atoms with Gasteiger partial charge >= 0.3 is 0 Å². The molecular weight excluding hydrogens is 432 g/mol. The second-order valence-corrected chi connectivity index (χ2v) is 9.93. The lowest BCUT2D eigenvalue weighted by molar-refractivity contribution is 0.583. The first-order chi connectivity index (χ1) is 13.9. The number of sulfonamides is 1. The molecule has 7 nitrogen and oxygen atoms in total. The Balaban J connectivity index is 1.64. The number of hydrogen-bond donors (Lipinski definition) is 0. The number of hydrogen-bond acceptors (Lipinski definition) is 6. The zero-order valence-electron chi connectivity index (χ0n) is 15.2. The van der Waals surface area contributed by atoms with Crippen LogP contribution in [0.5, 0.6) is 0 Å². The molecule has 148 valence electrons. The second kappa shape index (κ2) is 6.79. The first-order valence-corrected chi connectivity index (χ1v) is 11.6. The molecule has 0 amide bonds. The number of benzene rings is 1. The molecule has 4 aromatic rings. The van der Waals surface area contributed by atoms with Gasteiger partial charge in [-0.05, 0) is 30.3 Å². The highest BCUT2D eigenvalue weighted by Gasteiger charge is 2.33. The largest absolute Gasteiger partial charge is 0.456 e. The number of aryl methyl sites for hydroxylation is 1. The lowest BCUT2D eigenvalue weighted by atomic mass is 10.2.